The average molecular weight is 1470 g/mol. The lowest BCUT2D eigenvalue weighted by Crippen LogP contribution is -2.62. The fraction of sp³-hybridized carbons (Fsp3) is 0.478. The number of nitrogens with one attached hydrogen (secondary N) is 9. The van der Waals surface area contributed by atoms with Gasteiger partial charge in [-0.25, -0.2) is 4.79 Å². The molecular weight excluding hydrogens is 1380 g/mol. The third-order valence-corrected chi connectivity index (χ3v) is 19.9. The van der Waals surface area contributed by atoms with Gasteiger partial charge in [0.05, 0.1) is 38.4 Å². The van der Waals surface area contributed by atoms with Gasteiger partial charge in [-0.3, -0.25) is 72.3 Å². The van der Waals surface area contributed by atoms with Crippen molar-refractivity contribution in [1.82, 2.24) is 67.1 Å². The molecule has 2 aliphatic heterocycles. The Morgan fingerprint density at radius 3 is 1.64 bits per heavy atom. The molecule has 0 spiro atoms. The number of para-hydroxylation sites is 1. The van der Waals surface area contributed by atoms with Gasteiger partial charge in [0.25, 0.3) is 0 Å². The van der Waals surface area contributed by atoms with E-state index in [0.29, 0.717) is 39.4 Å². The molecule has 2 saturated heterocycles. The van der Waals surface area contributed by atoms with Crippen LogP contribution in [0.2, 0.25) is 0 Å². The number of H-pyrrole nitrogens is 1. The van der Waals surface area contributed by atoms with E-state index in [9.17, 15) is 69.0 Å². The maximum atomic E-state index is 15.5. The van der Waals surface area contributed by atoms with E-state index in [1.807, 2.05) is 24.3 Å². The van der Waals surface area contributed by atoms with Crippen LogP contribution in [-0.2, 0) is 76.8 Å². The van der Waals surface area contributed by atoms with Gasteiger partial charge in [0, 0.05) is 100 Å². The number of rotatable bonds is 26. The molecule has 10 atom stereocenters. The van der Waals surface area contributed by atoms with Crippen LogP contribution in [0.1, 0.15) is 49.8 Å². The maximum Gasteiger partial charge on any atom is 0.328 e. The lowest BCUT2D eigenvalue weighted by atomic mass is 9.97. The first kappa shape index (κ1) is 81.0. The van der Waals surface area contributed by atoms with Crippen LogP contribution in [-0.4, -0.2) is 283 Å². The topological polar surface area (TPSA) is 477 Å². The van der Waals surface area contributed by atoms with Crippen molar-refractivity contribution in [2.24, 2.45) is 5.73 Å². The van der Waals surface area contributed by atoms with Crippen molar-refractivity contribution in [1.29, 1.82) is 0 Å². The first-order chi connectivity index (χ1) is 49.2. The molecule has 7 rings (SSSR count). The standard InChI is InChI=1S/C69H92N14O18S2/c1-41(84)60-68(99)77-55(67(98)79-61(42(2)85)69(100)101)40-103-102-39-54(76-63(94)51(31-43-13-4-3-5-14-43)72-56(86)35-80-23-25-81(36-57(87)88)27-29-83(38-59(91)92)30-28-82(26-24-80)37-58(89)90)66(97)75-52(32-45-17-12-16-44-15-6-7-18-47(44)45)65(96)74-53(33-46-34-71-49-20-9-8-19-48(46)49)64(95)73-50(62(93)78-60)21-10-11-22-70/h3-9,12-20,34,41-42,50-55,60-61,71,84-85H,10-11,21-33,35-40,70H2,1-2H3,(H,72,86)(H,73,95)(H,74,96)(H,75,97)(H,76,94)(H,77,99)(H,78,93)(H,79,98)(H,87,88)(H,89,90)(H,91,92)(H,100,101). The minimum absolute atomic E-state index is 0.0511. The quantitative estimate of drug-likeness (QED) is 0.0212. The summed E-state index contributed by atoms with van der Waals surface area (Å²) < 4.78 is 0. The zero-order chi connectivity index (χ0) is 74.7. The highest BCUT2D eigenvalue weighted by Crippen LogP contribution is 2.26. The van der Waals surface area contributed by atoms with Crippen molar-refractivity contribution < 1.29 is 88.2 Å². The number of aromatic nitrogens is 1. The Hall–Kier alpha value is -9.26. The number of aliphatic hydroxyl groups is 2. The predicted molar refractivity (Wildman–Crippen MR) is 383 cm³/mol. The molecular formula is C69H92N14O18S2. The number of carbonyl (C=O) groups is 12. The number of unbranched alkanes of at least 4 members (excludes halogenated alkanes) is 1. The van der Waals surface area contributed by atoms with Gasteiger partial charge in [0.1, 0.15) is 42.3 Å². The molecule has 2 fully saturated rings. The summed E-state index contributed by atoms with van der Waals surface area (Å²) in [5, 5.41) is 84.3. The largest absolute Gasteiger partial charge is 0.480 e. The number of aliphatic carboxylic acids is 4. The van der Waals surface area contributed by atoms with E-state index >= 15 is 19.2 Å². The highest BCUT2D eigenvalue weighted by Gasteiger charge is 2.38. The molecule has 4 aromatic carbocycles. The molecule has 0 saturated carbocycles. The second-order valence-electron chi connectivity index (χ2n) is 25.5. The third-order valence-electron chi connectivity index (χ3n) is 17.5. The van der Waals surface area contributed by atoms with Crippen LogP contribution in [0.5, 0.6) is 0 Å². The molecule has 0 bridgehead atoms. The van der Waals surface area contributed by atoms with Crippen molar-refractivity contribution in [3.8, 4) is 0 Å². The van der Waals surface area contributed by atoms with Crippen LogP contribution in [0.4, 0.5) is 0 Å². The van der Waals surface area contributed by atoms with Gasteiger partial charge in [-0.15, -0.1) is 0 Å². The minimum atomic E-state index is -1.90. The summed E-state index contributed by atoms with van der Waals surface area (Å²) in [5.74, 6) is -13.6. The van der Waals surface area contributed by atoms with Gasteiger partial charge in [0.15, 0.2) is 6.04 Å². The van der Waals surface area contributed by atoms with E-state index in [1.165, 1.54) is 6.92 Å². The van der Waals surface area contributed by atoms with Crippen LogP contribution in [0, 0.1) is 0 Å². The summed E-state index contributed by atoms with van der Waals surface area (Å²) in [5.41, 5.74) is 8.23. The average Bonchev–Trinajstić information content (AvgIpc) is 1.79. The first-order valence-corrected chi connectivity index (χ1v) is 36.3. The Labute approximate surface area is 602 Å². The monoisotopic (exact) mass is 1470 g/mol. The van der Waals surface area contributed by atoms with Crippen LogP contribution in [0.3, 0.4) is 0 Å². The lowest BCUT2D eigenvalue weighted by molar-refractivity contribution is -0.145. The summed E-state index contributed by atoms with van der Waals surface area (Å²) in [7, 11) is 1.71. The van der Waals surface area contributed by atoms with Crippen molar-refractivity contribution in [2.45, 2.75) is 113 Å². The number of benzene rings is 4. The molecule has 558 valence electrons. The van der Waals surface area contributed by atoms with E-state index in [-0.39, 0.29) is 97.6 Å². The normalized spacial score (nSPS) is 21.6. The van der Waals surface area contributed by atoms with Gasteiger partial charge < -0.3 is 83.9 Å². The van der Waals surface area contributed by atoms with E-state index in [0.717, 1.165) is 33.9 Å². The second kappa shape index (κ2) is 40.5. The molecule has 17 N–H and O–H groups in total. The van der Waals surface area contributed by atoms with Crippen LogP contribution >= 0.6 is 21.6 Å². The van der Waals surface area contributed by atoms with Crippen molar-refractivity contribution in [3.63, 3.8) is 0 Å². The van der Waals surface area contributed by atoms with Gasteiger partial charge >= 0.3 is 23.9 Å². The molecule has 5 aromatic rings. The van der Waals surface area contributed by atoms with E-state index in [2.05, 4.69) is 47.5 Å². The molecule has 2 aliphatic rings. The number of amides is 8. The Morgan fingerprint density at radius 1 is 0.553 bits per heavy atom. The van der Waals surface area contributed by atoms with Gasteiger partial charge in [-0.2, -0.15) is 0 Å². The summed E-state index contributed by atoms with van der Waals surface area (Å²) >= 11 is 0. The van der Waals surface area contributed by atoms with Gasteiger partial charge in [-0.1, -0.05) is 113 Å². The minimum Gasteiger partial charge on any atom is -0.480 e. The first-order valence-electron chi connectivity index (χ1n) is 33.8. The molecule has 32 nitrogen and oxygen atoms in total. The second-order valence-corrected chi connectivity index (χ2v) is 28.0. The fourth-order valence-corrected chi connectivity index (χ4v) is 14.3. The summed E-state index contributed by atoms with van der Waals surface area (Å²) in [6.45, 7) is 1.50. The fourth-order valence-electron chi connectivity index (χ4n) is 11.9. The van der Waals surface area contributed by atoms with Crippen molar-refractivity contribution >= 4 is 114 Å². The third kappa shape index (κ3) is 25.9. The smallest absolute Gasteiger partial charge is 0.328 e. The number of aliphatic hydroxyl groups excluding tert-OH is 2. The zero-order valence-electron chi connectivity index (χ0n) is 57.2. The molecule has 10 unspecified atom stereocenters. The number of nitrogens with zero attached hydrogens (tertiary/aromatic N) is 4. The summed E-state index contributed by atoms with van der Waals surface area (Å²) in [6, 6.07) is 15.2. The number of fused-ring (bicyclic) bond motifs is 2. The number of nitrogens with two attached hydrogens (primary N) is 1. The Morgan fingerprint density at radius 2 is 1.07 bits per heavy atom. The van der Waals surface area contributed by atoms with Crippen LogP contribution in [0.15, 0.2) is 103 Å². The number of carboxylic acid groups (broad SMARTS) is 4. The van der Waals surface area contributed by atoms with E-state index in [4.69, 9.17) is 5.73 Å². The highest BCUT2D eigenvalue weighted by molar-refractivity contribution is 8.76. The maximum absolute atomic E-state index is 15.5. The lowest BCUT2D eigenvalue weighted by Gasteiger charge is -2.33. The van der Waals surface area contributed by atoms with Crippen molar-refractivity contribution in [3.05, 3.63) is 120 Å². The molecule has 103 heavy (non-hydrogen) atoms. The van der Waals surface area contributed by atoms with Gasteiger partial charge in [0.2, 0.25) is 47.3 Å². The Balaban J connectivity index is 1.29. The Bertz CT molecular complexity index is 3720. The number of hydrogen-bond acceptors (Lipinski definition) is 21. The zero-order valence-corrected chi connectivity index (χ0v) is 58.8. The van der Waals surface area contributed by atoms with E-state index in [1.54, 1.807) is 98.6 Å². The molecule has 0 radical (unpaired) electrons. The van der Waals surface area contributed by atoms with E-state index < -0.39 is 163 Å². The van der Waals surface area contributed by atoms with Gasteiger partial charge in [-0.05, 0) is 73.2 Å². The SMILES string of the molecule is CC(O)C(NC(=O)C1CSSCC(NC(=O)C(Cc2ccccc2)NC(=O)CN2CCN(CC(=O)O)CCN(CC(=O)O)CCN(CC(=O)O)CC2)C(=O)NC(Cc2cccc3ccccc23)C(=O)NC(Cc2c[nH]c3ccccc23)C(=O)NC(CCCCN)C(=O)NC(C(C)O)C(=O)N1)C(=O)O. The highest BCUT2D eigenvalue weighted by atomic mass is 33.1. The molecule has 1 aromatic heterocycles. The molecule has 3 heterocycles. The summed E-state index contributed by atoms with van der Waals surface area (Å²) in [4.78, 5) is 177. The number of hydrogen-bond donors (Lipinski definition) is 16. The molecule has 8 amide bonds. The molecule has 34 heteroatoms. The molecule has 0 aliphatic carbocycles. The number of carbonyl (C=O) groups excluding carboxylic acids is 8. The number of aromatic amines is 1. The van der Waals surface area contributed by atoms with Crippen molar-refractivity contribution in [2.75, 3.05) is 96.6 Å². The Kier molecular flexibility index (Phi) is 31.9. The predicted octanol–water partition coefficient (Wildman–Crippen LogP) is -1.93. The van der Waals surface area contributed by atoms with Crippen LogP contribution < -0.4 is 48.3 Å². The number of carboxylic acids is 4. The van der Waals surface area contributed by atoms with Crippen LogP contribution in [0.25, 0.3) is 21.7 Å². The summed E-state index contributed by atoms with van der Waals surface area (Å²) in [6.07, 6.45) is -1.72.